The predicted molar refractivity (Wildman–Crippen MR) is 137 cm³/mol. The summed E-state index contributed by atoms with van der Waals surface area (Å²) in [4.78, 5) is 41.2. The van der Waals surface area contributed by atoms with Gasteiger partial charge in [0.25, 0.3) is 0 Å². The number of Topliss-reactive ketones (excluding diaryl/α,β-unsaturated/α-hetero) is 1. The molecule has 0 bridgehead atoms. The van der Waals surface area contributed by atoms with Crippen LogP contribution in [0.5, 0.6) is 0 Å². The molecule has 0 radical (unpaired) electrons. The van der Waals surface area contributed by atoms with Crippen molar-refractivity contribution in [1.82, 2.24) is 4.90 Å². The minimum absolute atomic E-state index is 0.0201. The summed E-state index contributed by atoms with van der Waals surface area (Å²) in [6.07, 6.45) is 2.02. The van der Waals surface area contributed by atoms with E-state index in [-0.39, 0.29) is 41.5 Å². The number of hydrogen-bond acceptors (Lipinski definition) is 8. The van der Waals surface area contributed by atoms with Crippen molar-refractivity contribution in [3.63, 3.8) is 0 Å². The Morgan fingerprint density at radius 2 is 1.69 bits per heavy atom. The van der Waals surface area contributed by atoms with Gasteiger partial charge in [-0.25, -0.2) is 0 Å². The molecular weight excluding hydrogens is 462 g/mol. The highest BCUT2D eigenvalue weighted by molar-refractivity contribution is 6.00. The SMILES string of the molecule is CC[C@H]1OC(=O)[C@H](C)C(=O)[C@@H](C)[C@@H](O[C@@H]2O[C@H](C)C[C@H](N(C)C)[C@H]2O)[C@@H](C)C[C@@H](C)C(=O)/C=C/[C@H]1C. The smallest absolute Gasteiger partial charge is 0.316 e. The minimum Gasteiger partial charge on any atom is -0.461 e. The third-order valence-corrected chi connectivity index (χ3v) is 7.88. The first kappa shape index (κ1) is 30.6. The fourth-order valence-corrected chi connectivity index (χ4v) is 5.38. The molecule has 1 saturated heterocycles. The second-order valence-corrected chi connectivity index (χ2v) is 11.2. The highest BCUT2D eigenvalue weighted by Crippen LogP contribution is 2.32. The maximum atomic E-state index is 13.5. The van der Waals surface area contributed by atoms with Gasteiger partial charge in [-0.2, -0.15) is 0 Å². The fourth-order valence-electron chi connectivity index (χ4n) is 5.38. The molecule has 0 spiro atoms. The van der Waals surface area contributed by atoms with Crippen molar-refractivity contribution in [2.75, 3.05) is 14.1 Å². The molecule has 0 saturated carbocycles. The van der Waals surface area contributed by atoms with Crippen molar-refractivity contribution in [1.29, 1.82) is 0 Å². The summed E-state index contributed by atoms with van der Waals surface area (Å²) in [5, 5.41) is 11.0. The van der Waals surface area contributed by atoms with Gasteiger partial charge in [0.2, 0.25) is 0 Å². The van der Waals surface area contributed by atoms with Crippen molar-refractivity contribution < 1.29 is 33.7 Å². The van der Waals surface area contributed by atoms with Crippen LogP contribution in [0.4, 0.5) is 0 Å². The molecule has 1 fully saturated rings. The number of rotatable bonds is 4. The van der Waals surface area contributed by atoms with E-state index in [4.69, 9.17) is 14.2 Å². The second-order valence-electron chi connectivity index (χ2n) is 11.2. The van der Waals surface area contributed by atoms with Gasteiger partial charge in [-0.1, -0.05) is 40.7 Å². The predicted octanol–water partition coefficient (Wildman–Crippen LogP) is 3.40. The lowest BCUT2D eigenvalue weighted by Crippen LogP contribution is -2.56. The molecular formula is C28H47NO7. The first-order valence-electron chi connectivity index (χ1n) is 13.4. The lowest BCUT2D eigenvalue weighted by molar-refractivity contribution is -0.278. The van der Waals surface area contributed by atoms with Gasteiger partial charge >= 0.3 is 5.97 Å². The number of likely N-dealkylation sites (N-methyl/N-ethyl adjacent to an activating group) is 1. The van der Waals surface area contributed by atoms with E-state index in [1.807, 2.05) is 53.6 Å². The monoisotopic (exact) mass is 509 g/mol. The Hall–Kier alpha value is -1.61. The van der Waals surface area contributed by atoms with E-state index in [2.05, 4.69) is 0 Å². The highest BCUT2D eigenvalue weighted by Gasteiger charge is 2.43. The largest absolute Gasteiger partial charge is 0.461 e. The summed E-state index contributed by atoms with van der Waals surface area (Å²) < 4.78 is 18.1. The summed E-state index contributed by atoms with van der Waals surface area (Å²) in [5.74, 6) is -3.16. The van der Waals surface area contributed by atoms with E-state index in [0.29, 0.717) is 19.3 Å². The molecule has 2 rings (SSSR count). The van der Waals surface area contributed by atoms with Crippen molar-refractivity contribution in [3.8, 4) is 0 Å². The van der Waals surface area contributed by atoms with E-state index in [1.165, 1.54) is 0 Å². The highest BCUT2D eigenvalue weighted by atomic mass is 16.7. The molecule has 0 aromatic rings. The van der Waals surface area contributed by atoms with Crippen LogP contribution in [0.3, 0.4) is 0 Å². The molecule has 8 heteroatoms. The van der Waals surface area contributed by atoms with E-state index in [0.717, 1.165) is 0 Å². The van der Waals surface area contributed by atoms with E-state index in [1.54, 1.807) is 26.0 Å². The van der Waals surface area contributed by atoms with Crippen molar-refractivity contribution in [2.24, 2.45) is 29.6 Å². The Morgan fingerprint density at radius 3 is 2.28 bits per heavy atom. The summed E-state index contributed by atoms with van der Waals surface area (Å²) in [5.41, 5.74) is 0. The van der Waals surface area contributed by atoms with Gasteiger partial charge in [0, 0.05) is 23.8 Å². The van der Waals surface area contributed by atoms with Gasteiger partial charge in [-0.05, 0) is 59.2 Å². The molecule has 0 unspecified atom stereocenters. The number of esters is 1. The third kappa shape index (κ3) is 7.46. The third-order valence-electron chi connectivity index (χ3n) is 7.88. The molecule has 0 amide bonds. The lowest BCUT2D eigenvalue weighted by Gasteiger charge is -2.43. The first-order valence-corrected chi connectivity index (χ1v) is 13.4. The number of ketones is 2. The van der Waals surface area contributed by atoms with E-state index < -0.39 is 42.4 Å². The average Bonchev–Trinajstić information content (AvgIpc) is 2.83. The number of hydrogen-bond donors (Lipinski definition) is 1. The van der Waals surface area contributed by atoms with Gasteiger partial charge in [-0.3, -0.25) is 14.4 Å². The maximum absolute atomic E-state index is 13.5. The summed E-state index contributed by atoms with van der Waals surface area (Å²) >= 11 is 0. The van der Waals surface area contributed by atoms with Gasteiger partial charge in [0.05, 0.1) is 12.2 Å². The molecule has 11 atom stereocenters. The normalized spacial score (nSPS) is 42.6. The Balaban J connectivity index is 2.40. The average molecular weight is 510 g/mol. The van der Waals surface area contributed by atoms with Crippen LogP contribution in [0.25, 0.3) is 0 Å². The summed E-state index contributed by atoms with van der Waals surface area (Å²) in [6, 6.07) is -0.161. The zero-order chi connectivity index (χ0) is 27.3. The Morgan fingerprint density at radius 1 is 1.06 bits per heavy atom. The topological polar surface area (TPSA) is 102 Å². The Kier molecular flexibility index (Phi) is 11.3. The molecule has 206 valence electrons. The number of aliphatic hydroxyl groups excluding tert-OH is 1. The molecule has 0 aromatic heterocycles. The van der Waals surface area contributed by atoms with Gasteiger partial charge < -0.3 is 24.2 Å². The number of nitrogens with zero attached hydrogens (tertiary/aromatic N) is 1. The van der Waals surface area contributed by atoms with Gasteiger partial charge in [0.15, 0.2) is 17.9 Å². The van der Waals surface area contributed by atoms with Crippen LogP contribution in [0, 0.1) is 29.6 Å². The molecule has 0 aromatic carbocycles. The van der Waals surface area contributed by atoms with Gasteiger partial charge in [-0.15, -0.1) is 0 Å². The van der Waals surface area contributed by atoms with Crippen LogP contribution in [0.2, 0.25) is 0 Å². The fraction of sp³-hybridized carbons (Fsp3) is 0.821. The Labute approximate surface area is 216 Å². The second kappa shape index (κ2) is 13.3. The number of allylic oxidation sites excluding steroid dienone is 1. The van der Waals surface area contributed by atoms with Crippen molar-refractivity contribution >= 4 is 17.5 Å². The van der Waals surface area contributed by atoms with Crippen LogP contribution in [-0.4, -0.2) is 78.4 Å². The minimum atomic E-state index is -0.962. The molecule has 2 heterocycles. The standard InChI is InChI=1S/C28H47NO7/c1-10-23-15(2)11-12-22(30)16(3)13-17(4)26(19(6)24(31)20(7)27(33)35-23)36-28-25(32)21(29(8)9)14-18(5)34-28/h11-12,15-21,23,25-26,28,32H,10,13-14H2,1-9H3/b12-11+/t15-,16-,17+,18-,19-,20-,21+,23-,25-,26+,28+/m1/s1. The number of carbonyl (C=O) groups excluding carboxylic acids is 3. The first-order chi connectivity index (χ1) is 16.8. The summed E-state index contributed by atoms with van der Waals surface area (Å²) in [6.45, 7) is 12.9. The molecule has 2 aliphatic heterocycles. The van der Waals surface area contributed by atoms with E-state index >= 15 is 0 Å². The zero-order valence-electron chi connectivity index (χ0n) is 23.5. The molecule has 1 N–H and O–H groups in total. The number of carbonyl (C=O) groups is 3. The van der Waals surface area contributed by atoms with Crippen LogP contribution in [0.15, 0.2) is 12.2 Å². The maximum Gasteiger partial charge on any atom is 0.316 e. The van der Waals surface area contributed by atoms with Gasteiger partial charge in [0.1, 0.15) is 18.1 Å². The quantitative estimate of drug-likeness (QED) is 0.454. The van der Waals surface area contributed by atoms with Crippen LogP contribution in [0.1, 0.15) is 67.7 Å². The van der Waals surface area contributed by atoms with Crippen LogP contribution < -0.4 is 0 Å². The molecule has 2 aliphatic rings. The Bertz CT molecular complexity index is 797. The number of cyclic esters (lactones) is 1. The molecule has 36 heavy (non-hydrogen) atoms. The number of aliphatic hydroxyl groups is 1. The van der Waals surface area contributed by atoms with Crippen molar-refractivity contribution in [3.05, 3.63) is 12.2 Å². The zero-order valence-corrected chi connectivity index (χ0v) is 23.5. The van der Waals surface area contributed by atoms with Crippen molar-refractivity contribution in [2.45, 2.75) is 104 Å². The van der Waals surface area contributed by atoms with Crippen LogP contribution in [-0.2, 0) is 28.6 Å². The van der Waals surface area contributed by atoms with Crippen LogP contribution >= 0.6 is 0 Å². The molecule has 8 nitrogen and oxygen atoms in total. The summed E-state index contributed by atoms with van der Waals surface area (Å²) in [7, 11) is 3.80. The molecule has 0 aliphatic carbocycles. The van der Waals surface area contributed by atoms with E-state index in [9.17, 15) is 19.5 Å². The lowest BCUT2D eigenvalue weighted by atomic mass is 9.80. The number of ether oxygens (including phenoxy) is 3.